The Bertz CT molecular complexity index is 572. The first kappa shape index (κ1) is 17.1. The molecule has 6 nitrogen and oxygen atoms in total. The van der Waals surface area contributed by atoms with E-state index in [4.69, 9.17) is 15.2 Å². The largest absolute Gasteiger partial charge is 0.459 e. The second-order valence-electron chi connectivity index (χ2n) is 6.70. The Morgan fingerprint density at radius 1 is 1.22 bits per heavy atom. The smallest absolute Gasteiger partial charge is 0.410 e. The van der Waals surface area contributed by atoms with Crippen LogP contribution in [0.2, 0.25) is 0 Å². The molecule has 1 aliphatic rings. The summed E-state index contributed by atoms with van der Waals surface area (Å²) in [5, 5.41) is 0. The Hall–Kier alpha value is -2.24. The van der Waals surface area contributed by atoms with Gasteiger partial charge in [0.2, 0.25) is 0 Å². The number of ether oxygens (including phenoxy) is 2. The molecule has 1 saturated heterocycles. The number of nitrogens with zero attached hydrogens (tertiary/aromatic N) is 1. The SMILES string of the molecule is CC(C)(C)OC(=O)N1CCC(OC(=O)c2cccc(N)c2)CC1. The molecule has 126 valence electrons. The minimum Gasteiger partial charge on any atom is -0.459 e. The van der Waals surface area contributed by atoms with Crippen LogP contribution in [-0.4, -0.2) is 41.8 Å². The molecule has 1 heterocycles. The summed E-state index contributed by atoms with van der Waals surface area (Å²) in [6, 6.07) is 6.71. The summed E-state index contributed by atoms with van der Waals surface area (Å²) in [5.74, 6) is -0.381. The van der Waals surface area contributed by atoms with Crippen molar-refractivity contribution in [2.45, 2.75) is 45.3 Å². The van der Waals surface area contributed by atoms with Crippen molar-refractivity contribution < 1.29 is 19.1 Å². The van der Waals surface area contributed by atoms with Gasteiger partial charge in [-0.3, -0.25) is 0 Å². The van der Waals surface area contributed by atoms with Crippen molar-refractivity contribution in [3.63, 3.8) is 0 Å². The maximum atomic E-state index is 12.1. The minimum atomic E-state index is -0.506. The van der Waals surface area contributed by atoms with E-state index in [1.54, 1.807) is 29.2 Å². The summed E-state index contributed by atoms with van der Waals surface area (Å²) in [4.78, 5) is 25.7. The highest BCUT2D eigenvalue weighted by Gasteiger charge is 2.28. The number of nitrogen functional groups attached to an aromatic ring is 1. The first-order valence-electron chi connectivity index (χ1n) is 7.79. The summed E-state index contributed by atoms with van der Waals surface area (Å²) in [6.07, 6.45) is 0.696. The number of likely N-dealkylation sites (tertiary alicyclic amines) is 1. The third-order valence-electron chi connectivity index (χ3n) is 3.49. The molecule has 0 radical (unpaired) electrons. The molecule has 0 bridgehead atoms. The van der Waals surface area contributed by atoms with Gasteiger partial charge >= 0.3 is 12.1 Å². The van der Waals surface area contributed by atoms with E-state index in [-0.39, 0.29) is 18.2 Å². The molecule has 0 spiro atoms. The third-order valence-corrected chi connectivity index (χ3v) is 3.49. The predicted molar refractivity (Wildman–Crippen MR) is 87.1 cm³/mol. The zero-order valence-corrected chi connectivity index (χ0v) is 13.9. The van der Waals surface area contributed by atoms with Crippen molar-refractivity contribution >= 4 is 17.7 Å². The lowest BCUT2D eigenvalue weighted by molar-refractivity contribution is -0.00339. The van der Waals surface area contributed by atoms with Gasteiger partial charge in [0.1, 0.15) is 11.7 Å². The fourth-order valence-corrected chi connectivity index (χ4v) is 2.37. The van der Waals surface area contributed by atoms with Gasteiger partial charge in [-0.2, -0.15) is 0 Å². The summed E-state index contributed by atoms with van der Waals surface area (Å²) in [7, 11) is 0. The van der Waals surface area contributed by atoms with Gasteiger partial charge in [-0.15, -0.1) is 0 Å². The molecule has 2 N–H and O–H groups in total. The number of hydrogen-bond acceptors (Lipinski definition) is 5. The fourth-order valence-electron chi connectivity index (χ4n) is 2.37. The van der Waals surface area contributed by atoms with E-state index in [2.05, 4.69) is 0 Å². The molecule has 23 heavy (non-hydrogen) atoms. The van der Waals surface area contributed by atoms with Crippen LogP contribution in [0.15, 0.2) is 24.3 Å². The standard InChI is InChI=1S/C17H24N2O4/c1-17(2,3)23-16(21)19-9-7-14(8-10-19)22-15(20)12-5-4-6-13(18)11-12/h4-6,11,14H,7-10,18H2,1-3H3. The van der Waals surface area contributed by atoms with Crippen molar-refractivity contribution in [2.75, 3.05) is 18.8 Å². The number of carbonyl (C=O) groups is 2. The summed E-state index contributed by atoms with van der Waals surface area (Å²) in [6.45, 7) is 6.55. The molecular formula is C17H24N2O4. The Kier molecular flexibility index (Phi) is 5.13. The summed E-state index contributed by atoms with van der Waals surface area (Å²) < 4.78 is 10.8. The van der Waals surface area contributed by atoms with Crippen molar-refractivity contribution in [1.82, 2.24) is 4.90 Å². The topological polar surface area (TPSA) is 81.9 Å². The van der Waals surface area contributed by atoms with Crippen LogP contribution in [0.1, 0.15) is 44.0 Å². The molecule has 0 aliphatic carbocycles. The molecule has 0 atom stereocenters. The summed E-state index contributed by atoms with van der Waals surface area (Å²) >= 11 is 0. The number of hydrogen-bond donors (Lipinski definition) is 1. The third kappa shape index (κ3) is 5.16. The van der Waals surface area contributed by atoms with Gasteiger partial charge in [-0.25, -0.2) is 9.59 Å². The van der Waals surface area contributed by atoms with Crippen LogP contribution < -0.4 is 5.73 Å². The van der Waals surface area contributed by atoms with Crippen LogP contribution in [0.4, 0.5) is 10.5 Å². The number of piperidine rings is 1. The van der Waals surface area contributed by atoms with Crippen LogP contribution in [0.25, 0.3) is 0 Å². The highest BCUT2D eigenvalue weighted by molar-refractivity contribution is 5.90. The van der Waals surface area contributed by atoms with Crippen molar-refractivity contribution in [3.05, 3.63) is 29.8 Å². The quantitative estimate of drug-likeness (QED) is 0.669. The van der Waals surface area contributed by atoms with E-state index in [9.17, 15) is 9.59 Å². The van der Waals surface area contributed by atoms with Crippen LogP contribution in [0.3, 0.4) is 0 Å². The Labute approximate surface area is 136 Å². The molecule has 0 saturated carbocycles. The highest BCUT2D eigenvalue weighted by atomic mass is 16.6. The lowest BCUT2D eigenvalue weighted by Gasteiger charge is -2.33. The molecule has 2 rings (SSSR count). The molecule has 1 aliphatic heterocycles. The lowest BCUT2D eigenvalue weighted by atomic mass is 10.1. The second kappa shape index (κ2) is 6.89. The fraction of sp³-hybridized carbons (Fsp3) is 0.529. The highest BCUT2D eigenvalue weighted by Crippen LogP contribution is 2.19. The number of benzene rings is 1. The first-order chi connectivity index (χ1) is 10.7. The van der Waals surface area contributed by atoms with Crippen molar-refractivity contribution in [3.8, 4) is 0 Å². The Morgan fingerprint density at radius 2 is 1.87 bits per heavy atom. The Balaban J connectivity index is 1.83. The molecule has 1 aromatic carbocycles. The second-order valence-corrected chi connectivity index (χ2v) is 6.70. The molecule has 1 fully saturated rings. The average molecular weight is 320 g/mol. The first-order valence-corrected chi connectivity index (χ1v) is 7.79. The van der Waals surface area contributed by atoms with Gasteiger partial charge in [0, 0.05) is 31.6 Å². The monoisotopic (exact) mass is 320 g/mol. The minimum absolute atomic E-state index is 0.192. The van der Waals surface area contributed by atoms with Crippen LogP contribution in [0.5, 0.6) is 0 Å². The number of rotatable bonds is 2. The molecule has 1 aromatic rings. The number of anilines is 1. The number of carbonyl (C=O) groups excluding carboxylic acids is 2. The van der Waals surface area contributed by atoms with E-state index >= 15 is 0 Å². The van der Waals surface area contributed by atoms with Crippen molar-refractivity contribution in [1.29, 1.82) is 0 Å². The van der Waals surface area contributed by atoms with Crippen LogP contribution >= 0.6 is 0 Å². The number of esters is 1. The van der Waals surface area contributed by atoms with E-state index in [1.165, 1.54) is 0 Å². The molecular weight excluding hydrogens is 296 g/mol. The van der Waals surface area contributed by atoms with E-state index in [1.807, 2.05) is 20.8 Å². The number of amides is 1. The molecule has 6 heteroatoms. The van der Waals surface area contributed by atoms with Gasteiger partial charge in [-0.1, -0.05) is 6.07 Å². The molecule has 0 aromatic heterocycles. The van der Waals surface area contributed by atoms with E-state index in [0.717, 1.165) is 0 Å². The summed E-state index contributed by atoms with van der Waals surface area (Å²) in [5.41, 5.74) is 6.13. The van der Waals surface area contributed by atoms with Crippen molar-refractivity contribution in [2.24, 2.45) is 0 Å². The number of nitrogens with two attached hydrogens (primary N) is 1. The normalized spacial score (nSPS) is 16.0. The zero-order chi connectivity index (χ0) is 17.0. The lowest BCUT2D eigenvalue weighted by Crippen LogP contribution is -2.43. The van der Waals surface area contributed by atoms with Gasteiger partial charge in [-0.05, 0) is 39.0 Å². The molecule has 0 unspecified atom stereocenters. The Morgan fingerprint density at radius 3 is 2.43 bits per heavy atom. The van der Waals surface area contributed by atoms with E-state index < -0.39 is 5.60 Å². The van der Waals surface area contributed by atoms with Gasteiger partial charge in [0.15, 0.2) is 0 Å². The van der Waals surface area contributed by atoms with Gasteiger partial charge < -0.3 is 20.1 Å². The van der Waals surface area contributed by atoms with Gasteiger partial charge in [0.25, 0.3) is 0 Å². The van der Waals surface area contributed by atoms with Gasteiger partial charge in [0.05, 0.1) is 5.56 Å². The van der Waals surface area contributed by atoms with E-state index in [0.29, 0.717) is 37.2 Å². The zero-order valence-electron chi connectivity index (χ0n) is 13.9. The average Bonchev–Trinajstić information content (AvgIpc) is 2.46. The maximum Gasteiger partial charge on any atom is 0.410 e. The van der Waals surface area contributed by atoms with Crippen LogP contribution in [-0.2, 0) is 9.47 Å². The maximum absolute atomic E-state index is 12.1. The molecule has 1 amide bonds. The van der Waals surface area contributed by atoms with Crippen LogP contribution in [0, 0.1) is 0 Å². The predicted octanol–water partition coefficient (Wildman–Crippen LogP) is 2.83.